The summed E-state index contributed by atoms with van der Waals surface area (Å²) in [5.74, 6) is -0.604. The number of nitrogens with zero attached hydrogens (tertiary/aromatic N) is 2. The van der Waals surface area contributed by atoms with Crippen LogP contribution in [0.3, 0.4) is 0 Å². The summed E-state index contributed by atoms with van der Waals surface area (Å²) >= 11 is 0. The lowest BCUT2D eigenvalue weighted by Gasteiger charge is -2.12. The average molecular weight is 341 g/mol. The summed E-state index contributed by atoms with van der Waals surface area (Å²) in [7, 11) is 1.89. The number of aromatic nitrogens is 2. The summed E-state index contributed by atoms with van der Waals surface area (Å²) in [4.78, 5) is 28.2. The lowest BCUT2D eigenvalue weighted by Crippen LogP contribution is -2.28. The van der Waals surface area contributed by atoms with E-state index >= 15 is 0 Å². The van der Waals surface area contributed by atoms with Gasteiger partial charge < -0.3 is 19.4 Å². The van der Waals surface area contributed by atoms with Gasteiger partial charge in [-0.3, -0.25) is 4.79 Å². The Morgan fingerprint density at radius 2 is 2.08 bits per heavy atom. The molecule has 0 aliphatic carbocycles. The third-order valence-corrected chi connectivity index (χ3v) is 4.14. The van der Waals surface area contributed by atoms with Gasteiger partial charge in [-0.25, -0.2) is 9.78 Å². The fourth-order valence-electron chi connectivity index (χ4n) is 2.87. The first kappa shape index (κ1) is 16.8. The molecule has 0 fully saturated rings. The number of carbonyl (C=O) groups excluding carboxylic acids is 1. The van der Waals surface area contributed by atoms with Crippen LogP contribution in [0.4, 0.5) is 0 Å². The Labute approximate surface area is 144 Å². The highest BCUT2D eigenvalue weighted by Crippen LogP contribution is 2.21. The first-order valence-corrected chi connectivity index (χ1v) is 8.00. The maximum atomic E-state index is 12.4. The Morgan fingerprint density at radius 1 is 1.36 bits per heavy atom. The van der Waals surface area contributed by atoms with Gasteiger partial charge in [0.1, 0.15) is 17.1 Å². The number of imidazole rings is 1. The van der Waals surface area contributed by atoms with Gasteiger partial charge in [0.15, 0.2) is 5.76 Å². The van der Waals surface area contributed by atoms with E-state index in [0.29, 0.717) is 12.2 Å². The average Bonchev–Trinajstić information content (AvgIpc) is 3.17. The quantitative estimate of drug-likeness (QED) is 0.743. The molecular formula is C18H19N3O4. The van der Waals surface area contributed by atoms with E-state index in [1.165, 1.54) is 6.07 Å². The van der Waals surface area contributed by atoms with Gasteiger partial charge >= 0.3 is 5.97 Å². The van der Waals surface area contributed by atoms with Crippen LogP contribution in [-0.2, 0) is 13.5 Å². The van der Waals surface area contributed by atoms with Crippen molar-refractivity contribution in [2.45, 2.75) is 26.3 Å². The van der Waals surface area contributed by atoms with Crippen LogP contribution < -0.4 is 5.32 Å². The molecule has 0 aliphatic heterocycles. The molecule has 0 bridgehead atoms. The lowest BCUT2D eigenvalue weighted by atomic mass is 10.2. The van der Waals surface area contributed by atoms with Crippen molar-refractivity contribution in [1.29, 1.82) is 0 Å². The Balaban J connectivity index is 1.85. The molecule has 7 heteroatoms. The van der Waals surface area contributed by atoms with Crippen LogP contribution in [0.2, 0.25) is 0 Å². The zero-order valence-corrected chi connectivity index (χ0v) is 14.2. The van der Waals surface area contributed by atoms with Crippen molar-refractivity contribution >= 4 is 22.9 Å². The zero-order chi connectivity index (χ0) is 18.1. The Hall–Kier alpha value is -3.09. The van der Waals surface area contributed by atoms with E-state index in [4.69, 9.17) is 9.52 Å². The zero-order valence-electron chi connectivity index (χ0n) is 14.2. The van der Waals surface area contributed by atoms with Crippen molar-refractivity contribution < 1.29 is 19.1 Å². The summed E-state index contributed by atoms with van der Waals surface area (Å²) in [5, 5.41) is 12.0. The van der Waals surface area contributed by atoms with Crippen molar-refractivity contribution in [2.75, 3.05) is 0 Å². The number of aryl methyl sites for hydroxylation is 2. The van der Waals surface area contributed by atoms with Crippen LogP contribution in [0, 0.1) is 0 Å². The molecule has 0 spiro atoms. The smallest absolute Gasteiger partial charge is 0.339 e. The minimum Gasteiger partial charge on any atom is -0.478 e. The maximum absolute atomic E-state index is 12.4. The van der Waals surface area contributed by atoms with Crippen molar-refractivity contribution in [3.05, 3.63) is 53.2 Å². The fourth-order valence-corrected chi connectivity index (χ4v) is 2.87. The van der Waals surface area contributed by atoms with Crippen LogP contribution in [0.5, 0.6) is 0 Å². The topological polar surface area (TPSA) is 97.4 Å². The van der Waals surface area contributed by atoms with Gasteiger partial charge in [0.05, 0.1) is 17.1 Å². The molecule has 25 heavy (non-hydrogen) atoms. The molecule has 0 saturated carbocycles. The van der Waals surface area contributed by atoms with E-state index in [1.54, 1.807) is 6.92 Å². The first-order chi connectivity index (χ1) is 11.9. The number of carboxylic acids is 1. The SMILES string of the molecule is CCc1oc(C(=O)NC(C)c2nc3ccccc3n2C)cc1C(=O)O. The summed E-state index contributed by atoms with van der Waals surface area (Å²) in [5.41, 5.74) is 1.83. The van der Waals surface area contributed by atoms with E-state index in [-0.39, 0.29) is 23.1 Å². The number of para-hydroxylation sites is 2. The largest absolute Gasteiger partial charge is 0.478 e. The number of carbonyl (C=O) groups is 2. The minimum absolute atomic E-state index is 0.0140. The number of hydrogen-bond acceptors (Lipinski definition) is 4. The molecule has 1 unspecified atom stereocenters. The molecule has 0 aliphatic rings. The molecule has 2 heterocycles. The van der Waals surface area contributed by atoms with Gasteiger partial charge in [-0.1, -0.05) is 19.1 Å². The number of aromatic carboxylic acids is 1. The molecule has 3 rings (SSSR count). The van der Waals surface area contributed by atoms with Crippen LogP contribution in [-0.4, -0.2) is 26.5 Å². The van der Waals surface area contributed by atoms with E-state index in [0.717, 1.165) is 11.0 Å². The molecule has 2 N–H and O–H groups in total. The summed E-state index contributed by atoms with van der Waals surface area (Å²) in [6.45, 7) is 3.59. The van der Waals surface area contributed by atoms with E-state index in [1.807, 2.05) is 42.8 Å². The normalized spacial score (nSPS) is 12.3. The van der Waals surface area contributed by atoms with E-state index in [2.05, 4.69) is 10.3 Å². The van der Waals surface area contributed by atoms with Gasteiger partial charge in [-0.05, 0) is 19.1 Å². The summed E-state index contributed by atoms with van der Waals surface area (Å²) in [6, 6.07) is 8.60. The van der Waals surface area contributed by atoms with Gasteiger partial charge in [-0.2, -0.15) is 0 Å². The standard InChI is InChI=1S/C18H19N3O4/c1-4-14-11(18(23)24)9-15(25-14)17(22)19-10(2)16-20-12-7-5-6-8-13(12)21(16)3/h5-10H,4H2,1-3H3,(H,19,22)(H,23,24). The van der Waals surface area contributed by atoms with Gasteiger partial charge in [-0.15, -0.1) is 0 Å². The number of fused-ring (bicyclic) bond motifs is 1. The van der Waals surface area contributed by atoms with Gasteiger partial charge in [0, 0.05) is 19.5 Å². The highest BCUT2D eigenvalue weighted by Gasteiger charge is 2.23. The van der Waals surface area contributed by atoms with Crippen LogP contribution >= 0.6 is 0 Å². The number of amides is 1. The number of carboxylic acid groups (broad SMARTS) is 1. The minimum atomic E-state index is -1.11. The molecule has 3 aromatic rings. The van der Waals surface area contributed by atoms with Crippen LogP contribution in [0.1, 0.15) is 52.4 Å². The van der Waals surface area contributed by atoms with Crippen molar-refractivity contribution in [3.63, 3.8) is 0 Å². The number of benzene rings is 1. The second kappa shape index (κ2) is 6.43. The van der Waals surface area contributed by atoms with E-state index < -0.39 is 11.9 Å². The molecule has 2 aromatic heterocycles. The number of rotatable bonds is 5. The van der Waals surface area contributed by atoms with E-state index in [9.17, 15) is 9.59 Å². The second-order valence-corrected chi connectivity index (χ2v) is 5.82. The van der Waals surface area contributed by atoms with Crippen LogP contribution in [0.25, 0.3) is 11.0 Å². The highest BCUT2D eigenvalue weighted by atomic mass is 16.4. The molecule has 1 aromatic carbocycles. The first-order valence-electron chi connectivity index (χ1n) is 8.00. The van der Waals surface area contributed by atoms with Crippen LogP contribution in [0.15, 0.2) is 34.7 Å². The van der Waals surface area contributed by atoms with Gasteiger partial charge in [0.2, 0.25) is 0 Å². The lowest BCUT2D eigenvalue weighted by molar-refractivity contribution is 0.0694. The Morgan fingerprint density at radius 3 is 2.68 bits per heavy atom. The van der Waals surface area contributed by atoms with Crippen molar-refractivity contribution in [2.24, 2.45) is 7.05 Å². The maximum Gasteiger partial charge on any atom is 0.339 e. The molecule has 7 nitrogen and oxygen atoms in total. The number of hydrogen-bond donors (Lipinski definition) is 2. The van der Waals surface area contributed by atoms with Crippen molar-refractivity contribution in [3.8, 4) is 0 Å². The summed E-state index contributed by atoms with van der Waals surface area (Å²) < 4.78 is 7.31. The summed E-state index contributed by atoms with van der Waals surface area (Å²) in [6.07, 6.45) is 0.398. The number of nitrogens with one attached hydrogen (secondary N) is 1. The van der Waals surface area contributed by atoms with Crippen molar-refractivity contribution in [1.82, 2.24) is 14.9 Å². The molecule has 130 valence electrons. The predicted octanol–water partition coefficient (Wildman–Crippen LogP) is 2.92. The third-order valence-electron chi connectivity index (χ3n) is 4.14. The monoisotopic (exact) mass is 341 g/mol. The molecule has 1 atom stereocenters. The Bertz CT molecular complexity index is 955. The second-order valence-electron chi connectivity index (χ2n) is 5.82. The third kappa shape index (κ3) is 3.00. The number of furan rings is 1. The van der Waals surface area contributed by atoms with Gasteiger partial charge in [0.25, 0.3) is 5.91 Å². The fraction of sp³-hybridized carbons (Fsp3) is 0.278. The molecular weight excluding hydrogens is 322 g/mol. The highest BCUT2D eigenvalue weighted by molar-refractivity contribution is 5.96. The predicted molar refractivity (Wildman–Crippen MR) is 91.6 cm³/mol. The molecule has 0 radical (unpaired) electrons. The molecule has 0 saturated heterocycles. The molecule has 1 amide bonds. The Kier molecular flexibility index (Phi) is 4.31.